The highest BCUT2D eigenvalue weighted by molar-refractivity contribution is 5.69. The highest BCUT2D eigenvalue weighted by Crippen LogP contribution is 2.46. The van der Waals surface area contributed by atoms with E-state index in [0.717, 1.165) is 12.1 Å². The summed E-state index contributed by atoms with van der Waals surface area (Å²) in [4.78, 5) is 11.2. The molecular weight excluding hydrogens is 366 g/mol. The number of carbonyl (C=O) groups excluding carboxylic acids is 1. The third-order valence-corrected chi connectivity index (χ3v) is 4.45. The van der Waals surface area contributed by atoms with Gasteiger partial charge < -0.3 is 15.2 Å². The molecule has 144 valence electrons. The van der Waals surface area contributed by atoms with Crippen LogP contribution >= 0.6 is 0 Å². The third kappa shape index (κ3) is 3.70. The van der Waals surface area contributed by atoms with Gasteiger partial charge in [0.25, 0.3) is 0 Å². The maximum atomic E-state index is 14.2. The summed E-state index contributed by atoms with van der Waals surface area (Å²) in [7, 11) is 0. The van der Waals surface area contributed by atoms with Crippen LogP contribution in [-0.2, 0) is 10.9 Å². The van der Waals surface area contributed by atoms with Gasteiger partial charge in [-0.15, -0.1) is 0 Å². The molecule has 2 aromatic rings. The number of alkyl halides is 3. The van der Waals surface area contributed by atoms with Gasteiger partial charge in [-0.1, -0.05) is 32.0 Å². The first kappa shape index (κ1) is 19.0. The van der Waals surface area contributed by atoms with Crippen molar-refractivity contribution >= 4 is 6.09 Å². The lowest BCUT2D eigenvalue weighted by molar-refractivity contribution is -0.137. The molecule has 0 saturated carbocycles. The summed E-state index contributed by atoms with van der Waals surface area (Å²) in [5.41, 5.74) is 4.46. The fraction of sp³-hybridized carbons (Fsp3) is 0.316. The Morgan fingerprint density at radius 2 is 1.93 bits per heavy atom. The van der Waals surface area contributed by atoms with E-state index >= 15 is 0 Å². The van der Waals surface area contributed by atoms with E-state index in [4.69, 9.17) is 15.2 Å². The van der Waals surface area contributed by atoms with Crippen molar-refractivity contribution in [1.29, 1.82) is 0 Å². The number of halogens is 4. The molecule has 0 radical (unpaired) electrons. The summed E-state index contributed by atoms with van der Waals surface area (Å²) >= 11 is 0. The monoisotopic (exact) mass is 383 g/mol. The van der Waals surface area contributed by atoms with Crippen LogP contribution < -0.4 is 10.5 Å². The number of primary amides is 1. The minimum Gasteiger partial charge on any atom is -0.492 e. The van der Waals surface area contributed by atoms with E-state index in [1.807, 2.05) is 13.8 Å². The molecule has 8 heteroatoms. The molecular formula is C19H17F4NO3. The number of fused-ring (bicyclic) bond motifs is 1. The summed E-state index contributed by atoms with van der Waals surface area (Å²) in [5, 5.41) is 0. The van der Waals surface area contributed by atoms with Crippen molar-refractivity contribution in [2.24, 2.45) is 11.1 Å². The van der Waals surface area contributed by atoms with Crippen LogP contribution in [0.1, 0.15) is 31.1 Å². The normalized spacial score (nSPS) is 18.4. The van der Waals surface area contributed by atoms with Crippen molar-refractivity contribution in [3.63, 3.8) is 0 Å². The summed E-state index contributed by atoms with van der Waals surface area (Å²) in [6, 6.07) is 6.99. The molecule has 0 fully saturated rings. The average Bonchev–Trinajstić information content (AvgIpc) is 2.56. The van der Waals surface area contributed by atoms with Gasteiger partial charge in [0.1, 0.15) is 17.7 Å². The van der Waals surface area contributed by atoms with Crippen molar-refractivity contribution in [2.75, 3.05) is 6.61 Å². The number of hydrogen-bond acceptors (Lipinski definition) is 3. The van der Waals surface area contributed by atoms with Gasteiger partial charge in [0.05, 0.1) is 12.2 Å². The molecule has 0 bridgehead atoms. The van der Waals surface area contributed by atoms with Crippen molar-refractivity contribution in [3.05, 3.63) is 53.3 Å². The predicted molar refractivity (Wildman–Crippen MR) is 89.5 cm³/mol. The van der Waals surface area contributed by atoms with Gasteiger partial charge in [-0.25, -0.2) is 9.18 Å². The van der Waals surface area contributed by atoms with Crippen molar-refractivity contribution in [1.82, 2.24) is 0 Å². The molecule has 4 nitrogen and oxygen atoms in total. The Hall–Kier alpha value is -2.77. The Morgan fingerprint density at radius 1 is 1.22 bits per heavy atom. The molecule has 1 aliphatic heterocycles. The van der Waals surface area contributed by atoms with Gasteiger partial charge in [0.15, 0.2) is 0 Å². The number of carbonyl (C=O) groups is 1. The first-order chi connectivity index (χ1) is 12.5. The quantitative estimate of drug-likeness (QED) is 0.737. The zero-order valence-corrected chi connectivity index (χ0v) is 14.6. The SMILES string of the molecule is CC1(C)COc2cc(-c3ccc(C(F)(F)F)cc3F)ccc2C1OC(N)=O. The topological polar surface area (TPSA) is 61.6 Å². The zero-order chi connectivity index (χ0) is 20.0. The molecule has 0 aromatic heterocycles. The van der Waals surface area contributed by atoms with Gasteiger partial charge in [-0.3, -0.25) is 0 Å². The molecule has 0 saturated heterocycles. The Kier molecular flexibility index (Phi) is 4.53. The Morgan fingerprint density at radius 3 is 2.52 bits per heavy atom. The van der Waals surface area contributed by atoms with Crippen LogP contribution in [0.5, 0.6) is 5.75 Å². The van der Waals surface area contributed by atoms with E-state index < -0.39 is 35.2 Å². The minimum atomic E-state index is -4.62. The van der Waals surface area contributed by atoms with Crippen LogP contribution in [-0.4, -0.2) is 12.7 Å². The lowest BCUT2D eigenvalue weighted by Crippen LogP contribution is -2.37. The van der Waals surface area contributed by atoms with Crippen molar-refractivity contribution < 1.29 is 31.8 Å². The van der Waals surface area contributed by atoms with Crippen LogP contribution in [0.15, 0.2) is 36.4 Å². The fourth-order valence-corrected chi connectivity index (χ4v) is 3.07. The molecule has 1 heterocycles. The van der Waals surface area contributed by atoms with E-state index in [1.165, 1.54) is 12.1 Å². The highest BCUT2D eigenvalue weighted by Gasteiger charge is 2.40. The van der Waals surface area contributed by atoms with E-state index in [2.05, 4.69) is 0 Å². The first-order valence-corrected chi connectivity index (χ1v) is 8.09. The predicted octanol–water partition coefficient (Wildman–Crippen LogP) is 5.07. The lowest BCUT2D eigenvalue weighted by Gasteiger charge is -2.38. The molecule has 3 rings (SSSR count). The second-order valence-corrected chi connectivity index (χ2v) is 7.04. The second kappa shape index (κ2) is 6.44. The lowest BCUT2D eigenvalue weighted by atomic mass is 9.80. The standard InChI is InChI=1S/C19H17F4NO3/c1-18(2)9-26-15-7-10(3-5-13(15)16(18)27-17(24)25)12-6-4-11(8-14(12)20)19(21,22)23/h3-8,16H,9H2,1-2H3,(H2,24,25). The number of benzene rings is 2. The van der Waals surface area contributed by atoms with Gasteiger partial charge in [-0.05, 0) is 23.8 Å². The molecule has 0 aliphatic carbocycles. The molecule has 1 atom stereocenters. The molecule has 1 unspecified atom stereocenters. The Labute approximate surface area is 152 Å². The average molecular weight is 383 g/mol. The van der Waals surface area contributed by atoms with Crippen LogP contribution in [0, 0.1) is 11.2 Å². The molecule has 1 amide bonds. The molecule has 27 heavy (non-hydrogen) atoms. The van der Waals surface area contributed by atoms with Gasteiger partial charge in [0, 0.05) is 16.5 Å². The molecule has 2 N–H and O–H groups in total. The maximum Gasteiger partial charge on any atom is 0.416 e. The van der Waals surface area contributed by atoms with Crippen molar-refractivity contribution in [3.8, 4) is 16.9 Å². The first-order valence-electron chi connectivity index (χ1n) is 8.09. The largest absolute Gasteiger partial charge is 0.492 e. The molecule has 0 spiro atoms. The Balaban J connectivity index is 2.01. The number of rotatable bonds is 2. The molecule has 2 aromatic carbocycles. The second-order valence-electron chi connectivity index (χ2n) is 7.04. The zero-order valence-electron chi connectivity index (χ0n) is 14.6. The third-order valence-electron chi connectivity index (χ3n) is 4.45. The summed E-state index contributed by atoms with van der Waals surface area (Å²) in [5.74, 6) is -0.636. The van der Waals surface area contributed by atoms with Gasteiger partial charge in [0.2, 0.25) is 0 Å². The number of nitrogens with two attached hydrogens (primary N) is 1. The van der Waals surface area contributed by atoms with E-state index in [1.54, 1.807) is 6.07 Å². The molecule has 1 aliphatic rings. The van der Waals surface area contributed by atoms with Crippen molar-refractivity contribution in [2.45, 2.75) is 26.1 Å². The maximum absolute atomic E-state index is 14.2. The summed E-state index contributed by atoms with van der Waals surface area (Å²) in [6.07, 6.45) is -6.22. The number of amides is 1. The van der Waals surface area contributed by atoms with E-state index in [0.29, 0.717) is 22.9 Å². The number of hydrogen-bond donors (Lipinski definition) is 1. The van der Waals surface area contributed by atoms with E-state index in [9.17, 15) is 22.4 Å². The Bertz CT molecular complexity index is 893. The summed E-state index contributed by atoms with van der Waals surface area (Å²) in [6.45, 7) is 3.90. The highest BCUT2D eigenvalue weighted by atomic mass is 19.4. The fourth-order valence-electron chi connectivity index (χ4n) is 3.07. The smallest absolute Gasteiger partial charge is 0.416 e. The number of ether oxygens (including phenoxy) is 2. The summed E-state index contributed by atoms with van der Waals surface area (Å²) < 4.78 is 63.3. The van der Waals surface area contributed by atoms with Crippen LogP contribution in [0.2, 0.25) is 0 Å². The minimum absolute atomic E-state index is 0.00611. The van der Waals surface area contributed by atoms with Crippen LogP contribution in [0.3, 0.4) is 0 Å². The van der Waals surface area contributed by atoms with Crippen LogP contribution in [0.4, 0.5) is 22.4 Å². The van der Waals surface area contributed by atoms with Gasteiger partial charge >= 0.3 is 12.3 Å². The van der Waals surface area contributed by atoms with Crippen LogP contribution in [0.25, 0.3) is 11.1 Å². The van der Waals surface area contributed by atoms with E-state index in [-0.39, 0.29) is 12.2 Å². The van der Waals surface area contributed by atoms with Gasteiger partial charge in [-0.2, -0.15) is 13.2 Å².